The van der Waals surface area contributed by atoms with E-state index in [0.717, 1.165) is 12.8 Å². The fourth-order valence-electron chi connectivity index (χ4n) is 8.41. The predicted molar refractivity (Wildman–Crippen MR) is 190 cm³/mol. The second-order valence-corrected chi connectivity index (χ2v) is 12.6. The Hall–Kier alpha value is -4.94. The summed E-state index contributed by atoms with van der Waals surface area (Å²) in [6.45, 7) is 4.55. The van der Waals surface area contributed by atoms with Crippen LogP contribution >= 0.6 is 0 Å². The van der Waals surface area contributed by atoms with E-state index >= 15 is 0 Å². The first kappa shape index (κ1) is 27.6. The Labute approximate surface area is 267 Å². The molecule has 0 aliphatic heterocycles. The van der Waals surface area contributed by atoms with E-state index in [-0.39, 0.29) is 11.8 Å². The van der Waals surface area contributed by atoms with Crippen LogP contribution < -0.4 is 0 Å². The zero-order valence-electron chi connectivity index (χ0n) is 26.1. The highest BCUT2D eigenvalue weighted by Gasteiger charge is 2.55. The van der Waals surface area contributed by atoms with Crippen molar-refractivity contribution in [1.82, 2.24) is 0 Å². The van der Waals surface area contributed by atoms with Crippen LogP contribution in [0.2, 0.25) is 0 Å². The summed E-state index contributed by atoms with van der Waals surface area (Å²) < 4.78 is 0. The third-order valence-electron chi connectivity index (χ3n) is 10.4. The standard InChI is InChI=1S/C45H38/c1-3-31-24-26-38-39-27-25-32(4-2)29-42(39)44(41(38)28-31)45(35-19-10-6-11-20-35,36-21-12-7-13-22-36)43-37-23-15-14-18-34(37)30-40(43)33-16-8-5-9-17-33/h5-30,43-44H,3-4H2,1-2H3. The summed E-state index contributed by atoms with van der Waals surface area (Å²) in [6.07, 6.45) is 4.50. The van der Waals surface area contributed by atoms with Crippen LogP contribution in [0.1, 0.15) is 75.8 Å². The van der Waals surface area contributed by atoms with Crippen molar-refractivity contribution in [3.8, 4) is 11.1 Å². The van der Waals surface area contributed by atoms with E-state index < -0.39 is 5.41 Å². The van der Waals surface area contributed by atoms with Crippen molar-refractivity contribution in [2.24, 2.45) is 0 Å². The molecule has 6 aromatic rings. The van der Waals surface area contributed by atoms with E-state index in [9.17, 15) is 0 Å². The number of rotatable bonds is 7. The van der Waals surface area contributed by atoms with Gasteiger partial charge < -0.3 is 0 Å². The minimum Gasteiger partial charge on any atom is -0.0622 e. The summed E-state index contributed by atoms with van der Waals surface area (Å²) in [6, 6.07) is 57.6. The van der Waals surface area contributed by atoms with Gasteiger partial charge in [-0.1, -0.05) is 172 Å². The SMILES string of the molecule is CCc1ccc2c(c1)C(C(c1ccccc1)(c1ccccc1)C1C(c3ccccc3)=Cc3ccccc31)c1cc(CC)ccc1-2. The summed E-state index contributed by atoms with van der Waals surface area (Å²) in [7, 11) is 0. The molecule has 0 bridgehead atoms. The van der Waals surface area contributed by atoms with Gasteiger partial charge in [0.1, 0.15) is 0 Å². The van der Waals surface area contributed by atoms with E-state index in [2.05, 4.69) is 172 Å². The normalized spacial score (nSPS) is 15.3. The number of fused-ring (bicyclic) bond motifs is 4. The maximum absolute atomic E-state index is 2.53. The molecule has 0 radical (unpaired) electrons. The quantitative estimate of drug-likeness (QED) is 0.177. The molecule has 8 rings (SSSR count). The Balaban J connectivity index is 1.56. The highest BCUT2D eigenvalue weighted by atomic mass is 14.6. The Morgan fingerprint density at radius 2 is 0.956 bits per heavy atom. The molecular weight excluding hydrogens is 540 g/mol. The number of hydrogen-bond donors (Lipinski definition) is 0. The third-order valence-corrected chi connectivity index (χ3v) is 10.4. The van der Waals surface area contributed by atoms with Crippen molar-refractivity contribution in [1.29, 1.82) is 0 Å². The first-order chi connectivity index (χ1) is 22.2. The molecule has 45 heavy (non-hydrogen) atoms. The molecule has 0 heteroatoms. The second-order valence-electron chi connectivity index (χ2n) is 12.6. The number of allylic oxidation sites excluding steroid dienone is 1. The van der Waals surface area contributed by atoms with E-state index in [1.165, 1.54) is 66.8 Å². The van der Waals surface area contributed by atoms with Crippen molar-refractivity contribution in [3.05, 3.63) is 202 Å². The van der Waals surface area contributed by atoms with Crippen LogP contribution in [0.5, 0.6) is 0 Å². The lowest BCUT2D eigenvalue weighted by Crippen LogP contribution is -2.41. The molecule has 0 N–H and O–H groups in total. The number of hydrogen-bond acceptors (Lipinski definition) is 0. The second kappa shape index (κ2) is 11.2. The summed E-state index contributed by atoms with van der Waals surface area (Å²) >= 11 is 0. The Kier molecular flexibility index (Phi) is 6.87. The zero-order chi connectivity index (χ0) is 30.4. The van der Waals surface area contributed by atoms with Crippen LogP contribution in [-0.4, -0.2) is 0 Å². The fourth-order valence-corrected chi connectivity index (χ4v) is 8.41. The van der Waals surface area contributed by atoms with Gasteiger partial charge in [0, 0.05) is 17.3 Å². The van der Waals surface area contributed by atoms with Crippen LogP contribution in [-0.2, 0) is 18.3 Å². The highest BCUT2D eigenvalue weighted by molar-refractivity contribution is 5.94. The molecule has 0 spiro atoms. The van der Waals surface area contributed by atoms with Gasteiger partial charge in [-0.15, -0.1) is 0 Å². The van der Waals surface area contributed by atoms with E-state index in [1.54, 1.807) is 0 Å². The molecule has 2 aliphatic rings. The van der Waals surface area contributed by atoms with Crippen molar-refractivity contribution >= 4 is 11.6 Å². The minimum atomic E-state index is -0.435. The van der Waals surface area contributed by atoms with Gasteiger partial charge in [0.25, 0.3) is 0 Å². The van der Waals surface area contributed by atoms with Gasteiger partial charge in [-0.2, -0.15) is 0 Å². The Morgan fingerprint density at radius 3 is 1.49 bits per heavy atom. The first-order valence-corrected chi connectivity index (χ1v) is 16.5. The van der Waals surface area contributed by atoms with Crippen molar-refractivity contribution in [2.45, 2.75) is 43.9 Å². The summed E-state index contributed by atoms with van der Waals surface area (Å²) in [4.78, 5) is 0. The van der Waals surface area contributed by atoms with Crippen molar-refractivity contribution < 1.29 is 0 Å². The zero-order valence-corrected chi connectivity index (χ0v) is 26.1. The lowest BCUT2D eigenvalue weighted by molar-refractivity contribution is 0.423. The smallest absolute Gasteiger partial charge is 0.0421 e. The molecule has 0 saturated carbocycles. The van der Waals surface area contributed by atoms with Crippen molar-refractivity contribution in [2.75, 3.05) is 0 Å². The fraction of sp³-hybridized carbons (Fsp3) is 0.156. The average Bonchev–Trinajstić information content (AvgIpc) is 3.66. The van der Waals surface area contributed by atoms with E-state index in [1.807, 2.05) is 0 Å². The van der Waals surface area contributed by atoms with E-state index in [0.29, 0.717) is 0 Å². The van der Waals surface area contributed by atoms with Crippen LogP contribution in [0.3, 0.4) is 0 Å². The van der Waals surface area contributed by atoms with E-state index in [4.69, 9.17) is 0 Å². The molecule has 0 nitrogen and oxygen atoms in total. The summed E-state index contributed by atoms with van der Waals surface area (Å²) in [5.74, 6) is 0.189. The van der Waals surface area contributed by atoms with Crippen LogP contribution in [0.15, 0.2) is 152 Å². The van der Waals surface area contributed by atoms with Crippen LogP contribution in [0.4, 0.5) is 0 Å². The molecule has 1 unspecified atom stereocenters. The monoisotopic (exact) mass is 578 g/mol. The molecule has 218 valence electrons. The van der Waals surface area contributed by atoms with Crippen LogP contribution in [0, 0.1) is 0 Å². The maximum Gasteiger partial charge on any atom is 0.0421 e. The maximum atomic E-state index is 2.53. The molecule has 1 atom stereocenters. The molecule has 0 amide bonds. The third kappa shape index (κ3) is 4.27. The molecule has 0 saturated heterocycles. The molecule has 0 fully saturated rings. The molecule has 0 heterocycles. The largest absolute Gasteiger partial charge is 0.0622 e. The van der Waals surface area contributed by atoms with Gasteiger partial charge in [-0.05, 0) is 79.6 Å². The van der Waals surface area contributed by atoms with Gasteiger partial charge in [-0.3, -0.25) is 0 Å². The summed E-state index contributed by atoms with van der Waals surface area (Å²) in [5, 5.41) is 0. The van der Waals surface area contributed by atoms with Crippen LogP contribution in [0.25, 0.3) is 22.8 Å². The topological polar surface area (TPSA) is 0 Å². The van der Waals surface area contributed by atoms with Gasteiger partial charge in [0.05, 0.1) is 0 Å². The van der Waals surface area contributed by atoms with Gasteiger partial charge in [0.15, 0.2) is 0 Å². The molecule has 0 aromatic heterocycles. The van der Waals surface area contributed by atoms with Gasteiger partial charge in [0.2, 0.25) is 0 Å². The average molecular weight is 579 g/mol. The molecule has 6 aromatic carbocycles. The predicted octanol–water partition coefficient (Wildman–Crippen LogP) is 11.2. The molecule has 2 aliphatic carbocycles. The number of aryl methyl sites for hydroxylation is 2. The summed E-state index contributed by atoms with van der Waals surface area (Å²) in [5.41, 5.74) is 16.1. The first-order valence-electron chi connectivity index (χ1n) is 16.5. The number of benzene rings is 6. The Morgan fingerprint density at radius 1 is 0.467 bits per heavy atom. The van der Waals surface area contributed by atoms with Gasteiger partial charge >= 0.3 is 0 Å². The lowest BCUT2D eigenvalue weighted by Gasteiger charge is -2.48. The van der Waals surface area contributed by atoms with Crippen molar-refractivity contribution in [3.63, 3.8) is 0 Å². The molecular formula is C45H38. The lowest BCUT2D eigenvalue weighted by atomic mass is 9.53. The Bertz CT molecular complexity index is 1920. The highest BCUT2D eigenvalue weighted by Crippen LogP contribution is 2.65. The van der Waals surface area contributed by atoms with Gasteiger partial charge in [-0.25, -0.2) is 0 Å². The minimum absolute atomic E-state index is 0.0836.